The van der Waals surface area contributed by atoms with Crippen molar-refractivity contribution in [3.63, 3.8) is 0 Å². The first-order valence-electron chi connectivity index (χ1n) is 7.51. The van der Waals surface area contributed by atoms with Crippen LogP contribution in [0.25, 0.3) is 16.3 Å². The molecule has 8 nitrogen and oxygen atoms in total. The largest absolute Gasteiger partial charge is 0.378 e. The lowest BCUT2D eigenvalue weighted by Crippen LogP contribution is -2.10. The van der Waals surface area contributed by atoms with E-state index in [2.05, 4.69) is 36.4 Å². The maximum Gasteiger partial charge on any atom is 0.357 e. The van der Waals surface area contributed by atoms with Crippen LogP contribution in [0.3, 0.4) is 0 Å². The van der Waals surface area contributed by atoms with Crippen LogP contribution in [0.1, 0.15) is 0 Å². The van der Waals surface area contributed by atoms with Crippen LogP contribution in [0.4, 0.5) is 0 Å². The topological polar surface area (TPSA) is 99.9 Å². The van der Waals surface area contributed by atoms with Crippen molar-refractivity contribution >= 4 is 37.4 Å². The Morgan fingerprint density at radius 1 is 1.04 bits per heavy atom. The summed E-state index contributed by atoms with van der Waals surface area (Å²) in [6.45, 7) is 0. The second-order valence-electron chi connectivity index (χ2n) is 5.28. The molecule has 0 aliphatic heterocycles. The maximum atomic E-state index is 12.5. The fourth-order valence-corrected chi connectivity index (χ4v) is 4.48. The molecule has 0 saturated carbocycles. The molecule has 0 radical (unpaired) electrons. The van der Waals surface area contributed by atoms with Crippen LogP contribution < -0.4 is 4.18 Å². The third-order valence-electron chi connectivity index (χ3n) is 3.49. The fourth-order valence-electron chi connectivity index (χ4n) is 2.20. The average Bonchev–Trinajstić information content (AvgIpc) is 3.35. The number of benzene rings is 2. The lowest BCUT2D eigenvalue weighted by molar-refractivity contribution is 0.483. The second kappa shape index (κ2) is 7.18. The molecule has 11 heteroatoms. The minimum absolute atomic E-state index is 0.130. The molecule has 2 heterocycles. The van der Waals surface area contributed by atoms with E-state index in [0.29, 0.717) is 10.7 Å². The summed E-state index contributed by atoms with van der Waals surface area (Å²) >= 11 is 4.60. The van der Waals surface area contributed by atoms with Gasteiger partial charge in [-0.05, 0) is 46.8 Å². The van der Waals surface area contributed by atoms with Crippen molar-refractivity contribution in [3.05, 3.63) is 64.7 Å². The van der Waals surface area contributed by atoms with Gasteiger partial charge in [0.15, 0.2) is 0 Å². The molecule has 0 bridgehead atoms. The SMILES string of the molecule is O=S(=O)(Oc1ccc(-n2cnnn2)cc1)c1csc(-c2ccc(Br)cc2)n1. The molecule has 4 rings (SSSR count). The summed E-state index contributed by atoms with van der Waals surface area (Å²) in [5.41, 5.74) is 1.51. The third-order valence-corrected chi connectivity index (χ3v) is 6.19. The van der Waals surface area contributed by atoms with Crippen molar-refractivity contribution in [1.29, 1.82) is 0 Å². The highest BCUT2D eigenvalue weighted by Crippen LogP contribution is 2.28. The summed E-state index contributed by atoms with van der Waals surface area (Å²) in [6.07, 6.45) is 1.44. The Kier molecular flexibility index (Phi) is 4.72. The van der Waals surface area contributed by atoms with Crippen molar-refractivity contribution in [2.75, 3.05) is 0 Å². The van der Waals surface area contributed by atoms with E-state index in [1.807, 2.05) is 24.3 Å². The summed E-state index contributed by atoms with van der Waals surface area (Å²) in [6, 6.07) is 13.8. The normalized spacial score (nSPS) is 11.4. The predicted molar refractivity (Wildman–Crippen MR) is 102 cm³/mol. The maximum absolute atomic E-state index is 12.5. The molecule has 0 aliphatic carbocycles. The first kappa shape index (κ1) is 17.8. The summed E-state index contributed by atoms with van der Waals surface area (Å²) in [5.74, 6) is 0.171. The van der Waals surface area contributed by atoms with Gasteiger partial charge in [-0.1, -0.05) is 28.1 Å². The van der Waals surface area contributed by atoms with Crippen molar-refractivity contribution in [1.82, 2.24) is 25.2 Å². The van der Waals surface area contributed by atoms with Crippen LogP contribution in [0.5, 0.6) is 5.75 Å². The molecule has 0 spiro atoms. The van der Waals surface area contributed by atoms with Gasteiger partial charge < -0.3 is 4.18 Å². The molecule has 0 fully saturated rings. The number of nitrogens with zero attached hydrogens (tertiary/aromatic N) is 5. The van der Waals surface area contributed by atoms with E-state index in [4.69, 9.17) is 4.18 Å². The van der Waals surface area contributed by atoms with E-state index in [0.717, 1.165) is 10.0 Å². The van der Waals surface area contributed by atoms with Gasteiger partial charge in [-0.3, -0.25) is 0 Å². The van der Waals surface area contributed by atoms with E-state index >= 15 is 0 Å². The summed E-state index contributed by atoms with van der Waals surface area (Å²) < 4.78 is 32.5. The summed E-state index contributed by atoms with van der Waals surface area (Å²) in [7, 11) is -4.03. The number of rotatable bonds is 5. The van der Waals surface area contributed by atoms with Crippen LogP contribution in [0.2, 0.25) is 0 Å². The fraction of sp³-hybridized carbons (Fsp3) is 0. The monoisotopic (exact) mass is 463 g/mol. The molecule has 2 aromatic carbocycles. The quantitative estimate of drug-likeness (QED) is 0.418. The Labute approximate surface area is 166 Å². The van der Waals surface area contributed by atoms with E-state index in [9.17, 15) is 8.42 Å². The van der Waals surface area contributed by atoms with E-state index < -0.39 is 10.1 Å². The molecule has 27 heavy (non-hydrogen) atoms. The number of hydrogen-bond acceptors (Lipinski definition) is 8. The Balaban J connectivity index is 1.54. The molecule has 0 saturated heterocycles. The summed E-state index contributed by atoms with van der Waals surface area (Å²) in [5, 5.41) is 12.8. The van der Waals surface area contributed by atoms with Crippen molar-refractivity contribution in [3.8, 4) is 22.0 Å². The first-order valence-corrected chi connectivity index (χ1v) is 10.6. The Bertz CT molecular complexity index is 1160. The van der Waals surface area contributed by atoms with Gasteiger partial charge in [0.25, 0.3) is 0 Å². The van der Waals surface area contributed by atoms with Crippen LogP contribution in [-0.4, -0.2) is 33.6 Å². The van der Waals surface area contributed by atoms with Gasteiger partial charge in [0, 0.05) is 15.4 Å². The van der Waals surface area contributed by atoms with Crippen molar-refractivity contribution in [2.45, 2.75) is 5.03 Å². The molecule has 2 aromatic heterocycles. The van der Waals surface area contributed by atoms with Gasteiger partial charge in [0.05, 0.1) is 5.69 Å². The molecule has 4 aromatic rings. The minimum atomic E-state index is -4.03. The van der Waals surface area contributed by atoms with Gasteiger partial charge >= 0.3 is 10.1 Å². The number of aromatic nitrogens is 5. The third kappa shape index (κ3) is 3.89. The average molecular weight is 464 g/mol. The van der Waals surface area contributed by atoms with Crippen LogP contribution in [0, 0.1) is 0 Å². The van der Waals surface area contributed by atoms with Crippen LogP contribution >= 0.6 is 27.3 Å². The van der Waals surface area contributed by atoms with Gasteiger partial charge in [-0.15, -0.1) is 16.4 Å². The standard InChI is InChI=1S/C16H10BrN5O3S2/c17-12-3-1-11(2-4-12)16-19-15(9-26-16)27(23,24)25-14-7-5-13(6-8-14)22-10-18-20-21-22/h1-10H. The summed E-state index contributed by atoms with van der Waals surface area (Å²) in [4.78, 5) is 4.20. The van der Waals surface area contributed by atoms with E-state index in [1.54, 1.807) is 12.1 Å². The Morgan fingerprint density at radius 2 is 1.78 bits per heavy atom. The highest BCUT2D eigenvalue weighted by atomic mass is 79.9. The molecule has 136 valence electrons. The van der Waals surface area contributed by atoms with Crippen molar-refractivity contribution < 1.29 is 12.6 Å². The number of thiazole rings is 1. The van der Waals surface area contributed by atoms with Gasteiger partial charge in [0.2, 0.25) is 5.03 Å². The highest BCUT2D eigenvalue weighted by molar-refractivity contribution is 9.10. The lowest BCUT2D eigenvalue weighted by atomic mass is 10.2. The second-order valence-corrected chi connectivity index (χ2v) is 8.55. The van der Waals surface area contributed by atoms with Gasteiger partial charge in [-0.25, -0.2) is 9.67 Å². The first-order chi connectivity index (χ1) is 13.0. The van der Waals surface area contributed by atoms with Crippen molar-refractivity contribution in [2.24, 2.45) is 0 Å². The number of halogens is 1. The molecule has 0 unspecified atom stereocenters. The molecule has 0 amide bonds. The lowest BCUT2D eigenvalue weighted by Gasteiger charge is -2.05. The highest BCUT2D eigenvalue weighted by Gasteiger charge is 2.21. The number of hydrogen-bond donors (Lipinski definition) is 0. The molecule has 0 N–H and O–H groups in total. The Hall–Kier alpha value is -2.63. The zero-order valence-corrected chi connectivity index (χ0v) is 16.6. The van der Waals surface area contributed by atoms with Crippen LogP contribution in [0.15, 0.2) is 69.7 Å². The molecule has 0 atom stereocenters. The van der Waals surface area contributed by atoms with Gasteiger partial charge in [-0.2, -0.15) is 8.42 Å². The molecule has 0 aliphatic rings. The van der Waals surface area contributed by atoms with E-state index in [1.165, 1.54) is 39.9 Å². The number of tetrazole rings is 1. The zero-order valence-electron chi connectivity index (χ0n) is 13.4. The molecular weight excluding hydrogens is 454 g/mol. The minimum Gasteiger partial charge on any atom is -0.378 e. The van der Waals surface area contributed by atoms with E-state index in [-0.39, 0.29) is 10.8 Å². The van der Waals surface area contributed by atoms with Crippen LogP contribution in [-0.2, 0) is 10.1 Å². The smallest absolute Gasteiger partial charge is 0.357 e. The predicted octanol–water partition coefficient (Wildman–Crippen LogP) is 3.32. The zero-order chi connectivity index (χ0) is 18.9. The molecular formula is C16H10BrN5O3S2. The van der Waals surface area contributed by atoms with Gasteiger partial charge in [0.1, 0.15) is 17.1 Å². The Morgan fingerprint density at radius 3 is 2.44 bits per heavy atom.